The van der Waals surface area contributed by atoms with Gasteiger partial charge in [0.15, 0.2) is 5.69 Å². The maximum Gasteiger partial charge on any atom is 0.357 e. The number of H-pyrrole nitrogens is 1. The summed E-state index contributed by atoms with van der Waals surface area (Å²) in [6, 6.07) is 7.44. The van der Waals surface area contributed by atoms with Crippen molar-refractivity contribution in [2.45, 2.75) is 6.92 Å². The molecule has 0 spiro atoms. The third kappa shape index (κ3) is 1.98. The molecule has 0 atom stereocenters. The first kappa shape index (κ1) is 13.7. The molecule has 0 radical (unpaired) electrons. The summed E-state index contributed by atoms with van der Waals surface area (Å²) in [4.78, 5) is 19.4. The Morgan fingerprint density at radius 1 is 1.50 bits per heavy atom. The molecule has 1 aromatic carbocycles. The Labute approximate surface area is 125 Å². The zero-order valence-corrected chi connectivity index (χ0v) is 12.0. The van der Waals surface area contributed by atoms with Gasteiger partial charge in [-0.3, -0.25) is 0 Å². The molecule has 0 fully saturated rings. The highest BCUT2D eigenvalue weighted by Gasteiger charge is 2.21. The van der Waals surface area contributed by atoms with E-state index < -0.39 is 5.97 Å². The summed E-state index contributed by atoms with van der Waals surface area (Å²) in [6.07, 6.45) is 1.52. The van der Waals surface area contributed by atoms with Crippen molar-refractivity contribution in [2.75, 3.05) is 12.8 Å². The Balaban J connectivity index is 2.25. The van der Waals surface area contributed by atoms with Gasteiger partial charge >= 0.3 is 5.97 Å². The topological polar surface area (TPSA) is 110 Å². The normalized spacial score (nSPS) is 10.6. The van der Waals surface area contributed by atoms with Crippen LogP contribution < -0.4 is 5.73 Å². The molecule has 3 aromatic rings. The second-order valence-electron chi connectivity index (χ2n) is 4.80. The number of nitrogen functional groups attached to an aromatic ring is 1. The maximum atomic E-state index is 12.0. The summed E-state index contributed by atoms with van der Waals surface area (Å²) < 4.78 is 6.31. The molecule has 0 aliphatic heterocycles. The van der Waals surface area contributed by atoms with Crippen LogP contribution in [0.2, 0.25) is 0 Å². The van der Waals surface area contributed by atoms with Crippen LogP contribution in [0.1, 0.15) is 21.9 Å². The minimum atomic E-state index is -0.597. The number of anilines is 1. The average Bonchev–Trinajstić information content (AvgIpc) is 3.04. The van der Waals surface area contributed by atoms with Crippen LogP contribution in [0, 0.1) is 18.3 Å². The number of nitrogens with two attached hydrogens (primary N) is 1. The molecule has 0 saturated carbocycles. The lowest BCUT2D eigenvalue weighted by atomic mass is 10.2. The van der Waals surface area contributed by atoms with E-state index in [1.807, 2.05) is 25.1 Å². The van der Waals surface area contributed by atoms with Gasteiger partial charge in [-0.1, -0.05) is 0 Å². The SMILES string of the molecule is COC(=O)c1c(N)c(C#N)cn1-c1ccc2nc(C)[nH]c2c1. The van der Waals surface area contributed by atoms with Gasteiger partial charge in [-0.15, -0.1) is 0 Å². The summed E-state index contributed by atoms with van der Waals surface area (Å²) in [6.45, 7) is 1.86. The van der Waals surface area contributed by atoms with Crippen LogP contribution in [0.15, 0.2) is 24.4 Å². The Bertz CT molecular complexity index is 929. The number of methoxy groups -OCH3 is 1. The van der Waals surface area contributed by atoms with Gasteiger partial charge < -0.3 is 20.0 Å². The van der Waals surface area contributed by atoms with E-state index in [0.717, 1.165) is 16.9 Å². The molecule has 7 heteroatoms. The van der Waals surface area contributed by atoms with Gasteiger partial charge in [0.05, 0.1) is 29.4 Å². The summed E-state index contributed by atoms with van der Waals surface area (Å²) >= 11 is 0. The van der Waals surface area contributed by atoms with E-state index in [0.29, 0.717) is 5.69 Å². The van der Waals surface area contributed by atoms with Gasteiger partial charge in [0.1, 0.15) is 11.9 Å². The Hall–Kier alpha value is -3.27. The predicted octanol–water partition coefficient (Wildman–Crippen LogP) is 1.90. The number of aromatic nitrogens is 3. The number of rotatable bonds is 2. The van der Waals surface area contributed by atoms with Crippen LogP contribution in [0.3, 0.4) is 0 Å². The Morgan fingerprint density at radius 3 is 2.95 bits per heavy atom. The lowest BCUT2D eigenvalue weighted by Gasteiger charge is -2.08. The second-order valence-corrected chi connectivity index (χ2v) is 4.80. The molecule has 7 nitrogen and oxygen atoms in total. The number of nitriles is 1. The fraction of sp³-hybridized carbons (Fsp3) is 0.133. The first-order valence-corrected chi connectivity index (χ1v) is 6.51. The third-order valence-corrected chi connectivity index (χ3v) is 3.41. The number of benzene rings is 1. The smallest absolute Gasteiger partial charge is 0.357 e. The van der Waals surface area contributed by atoms with E-state index in [2.05, 4.69) is 9.97 Å². The van der Waals surface area contributed by atoms with Gasteiger partial charge in [-0.25, -0.2) is 9.78 Å². The van der Waals surface area contributed by atoms with Crippen LogP contribution in [0.5, 0.6) is 0 Å². The lowest BCUT2D eigenvalue weighted by molar-refractivity contribution is 0.0593. The second kappa shape index (κ2) is 4.93. The number of imidazole rings is 1. The fourth-order valence-electron chi connectivity index (χ4n) is 2.39. The molecule has 0 unspecified atom stereocenters. The monoisotopic (exact) mass is 295 g/mol. The Kier molecular flexibility index (Phi) is 3.07. The molecule has 2 heterocycles. The molecular formula is C15H13N5O2. The van der Waals surface area contributed by atoms with E-state index in [-0.39, 0.29) is 16.9 Å². The molecule has 0 amide bonds. The molecule has 0 aliphatic carbocycles. The number of aromatic amines is 1. The van der Waals surface area contributed by atoms with Crippen molar-refractivity contribution < 1.29 is 9.53 Å². The minimum Gasteiger partial charge on any atom is -0.464 e. The van der Waals surface area contributed by atoms with Crippen LogP contribution in [0.25, 0.3) is 16.7 Å². The fourth-order valence-corrected chi connectivity index (χ4v) is 2.39. The third-order valence-electron chi connectivity index (χ3n) is 3.41. The maximum absolute atomic E-state index is 12.0. The lowest BCUT2D eigenvalue weighted by Crippen LogP contribution is -2.11. The zero-order chi connectivity index (χ0) is 15.9. The Morgan fingerprint density at radius 2 is 2.27 bits per heavy atom. The van der Waals surface area contributed by atoms with Gasteiger partial charge in [0, 0.05) is 11.9 Å². The summed E-state index contributed by atoms with van der Waals surface area (Å²) in [5.41, 5.74) is 8.68. The van der Waals surface area contributed by atoms with Crippen LogP contribution in [-0.2, 0) is 4.74 Å². The van der Waals surface area contributed by atoms with Gasteiger partial charge in [0.25, 0.3) is 0 Å². The molecular weight excluding hydrogens is 282 g/mol. The van der Waals surface area contributed by atoms with Crippen molar-refractivity contribution >= 4 is 22.7 Å². The van der Waals surface area contributed by atoms with Gasteiger partial charge in [0.2, 0.25) is 0 Å². The number of hydrogen-bond donors (Lipinski definition) is 2. The van der Waals surface area contributed by atoms with Crippen molar-refractivity contribution in [1.29, 1.82) is 5.26 Å². The molecule has 2 aromatic heterocycles. The number of carbonyl (C=O) groups excluding carboxylic acids is 1. The van der Waals surface area contributed by atoms with Gasteiger partial charge in [-0.2, -0.15) is 5.26 Å². The van der Waals surface area contributed by atoms with E-state index in [9.17, 15) is 4.79 Å². The molecule has 3 rings (SSSR count). The number of carbonyl (C=O) groups is 1. The highest BCUT2D eigenvalue weighted by molar-refractivity contribution is 5.96. The van der Waals surface area contributed by atoms with Crippen molar-refractivity contribution in [3.8, 4) is 11.8 Å². The minimum absolute atomic E-state index is 0.107. The number of nitrogens with one attached hydrogen (secondary N) is 1. The van der Waals surface area contributed by atoms with E-state index in [1.54, 1.807) is 10.6 Å². The predicted molar refractivity (Wildman–Crippen MR) is 80.6 cm³/mol. The number of aryl methyl sites for hydroxylation is 1. The first-order chi connectivity index (χ1) is 10.5. The van der Waals surface area contributed by atoms with E-state index in [4.69, 9.17) is 15.7 Å². The van der Waals surface area contributed by atoms with Crippen LogP contribution in [0.4, 0.5) is 5.69 Å². The van der Waals surface area contributed by atoms with E-state index >= 15 is 0 Å². The zero-order valence-electron chi connectivity index (χ0n) is 12.0. The highest BCUT2D eigenvalue weighted by atomic mass is 16.5. The number of fused-ring (bicyclic) bond motifs is 1. The summed E-state index contributed by atoms with van der Waals surface area (Å²) in [5.74, 6) is 0.199. The van der Waals surface area contributed by atoms with E-state index in [1.165, 1.54) is 13.3 Å². The largest absolute Gasteiger partial charge is 0.464 e. The van der Waals surface area contributed by atoms with Crippen molar-refractivity contribution in [3.05, 3.63) is 41.5 Å². The van der Waals surface area contributed by atoms with Crippen LogP contribution >= 0.6 is 0 Å². The number of esters is 1. The summed E-state index contributed by atoms with van der Waals surface area (Å²) in [7, 11) is 1.27. The molecule has 3 N–H and O–H groups in total. The molecule has 110 valence electrons. The molecule has 22 heavy (non-hydrogen) atoms. The average molecular weight is 295 g/mol. The standard InChI is InChI=1S/C15H13N5O2/c1-8-18-11-4-3-10(5-12(11)19-8)20-7-9(6-16)13(17)14(20)15(21)22-2/h3-5,7H,17H2,1-2H3,(H,18,19). The van der Waals surface area contributed by atoms with Crippen molar-refractivity contribution in [2.24, 2.45) is 0 Å². The first-order valence-electron chi connectivity index (χ1n) is 6.51. The number of hydrogen-bond acceptors (Lipinski definition) is 5. The summed E-state index contributed by atoms with van der Waals surface area (Å²) in [5, 5.41) is 9.12. The number of nitrogens with zero attached hydrogens (tertiary/aromatic N) is 3. The van der Waals surface area contributed by atoms with Crippen molar-refractivity contribution in [1.82, 2.24) is 14.5 Å². The molecule has 0 bridgehead atoms. The molecule has 0 saturated heterocycles. The number of ether oxygens (including phenoxy) is 1. The molecule has 0 aliphatic rings. The van der Waals surface area contributed by atoms with Crippen LogP contribution in [-0.4, -0.2) is 27.6 Å². The quantitative estimate of drug-likeness (QED) is 0.702. The highest BCUT2D eigenvalue weighted by Crippen LogP contribution is 2.26. The van der Waals surface area contributed by atoms with Gasteiger partial charge in [-0.05, 0) is 25.1 Å². The van der Waals surface area contributed by atoms with Crippen molar-refractivity contribution in [3.63, 3.8) is 0 Å².